The van der Waals surface area contributed by atoms with Gasteiger partial charge in [0.05, 0.1) is 26.4 Å². The summed E-state index contributed by atoms with van der Waals surface area (Å²) in [4.78, 5) is 18.4. The highest BCUT2D eigenvalue weighted by atomic mass is 19.1. The van der Waals surface area contributed by atoms with Crippen molar-refractivity contribution in [3.05, 3.63) is 53.6 Å². The van der Waals surface area contributed by atoms with E-state index in [1.807, 2.05) is 32.0 Å². The Morgan fingerprint density at radius 3 is 2.45 bits per heavy atom. The molecular formula is C24H27FN6O2. The lowest BCUT2D eigenvalue weighted by Gasteiger charge is -2.35. The first-order valence-corrected chi connectivity index (χ1v) is 11.1. The Morgan fingerprint density at radius 1 is 0.939 bits per heavy atom. The van der Waals surface area contributed by atoms with Gasteiger partial charge in [0, 0.05) is 35.7 Å². The minimum atomic E-state index is -0.319. The van der Waals surface area contributed by atoms with Gasteiger partial charge in [0.15, 0.2) is 17.5 Å². The van der Waals surface area contributed by atoms with Crippen LogP contribution in [-0.2, 0) is 4.74 Å². The van der Waals surface area contributed by atoms with E-state index in [0.717, 1.165) is 22.9 Å². The SMILES string of the molecule is Cc1cc(NCN2CCOc3c(N4CCOCC4)nc(-c4cccc(F)c4)nc32)cc(C)n1. The molecule has 5 rings (SSSR count). The zero-order chi connectivity index (χ0) is 22.8. The van der Waals surface area contributed by atoms with Gasteiger partial charge in [-0.3, -0.25) is 4.98 Å². The maximum Gasteiger partial charge on any atom is 0.204 e. The molecule has 2 aromatic heterocycles. The van der Waals surface area contributed by atoms with Gasteiger partial charge >= 0.3 is 0 Å². The fraction of sp³-hybridized carbons (Fsp3) is 0.375. The van der Waals surface area contributed by atoms with E-state index in [4.69, 9.17) is 19.4 Å². The van der Waals surface area contributed by atoms with Gasteiger partial charge in [0.2, 0.25) is 5.75 Å². The van der Waals surface area contributed by atoms with Crippen LogP contribution in [0.4, 0.5) is 21.7 Å². The van der Waals surface area contributed by atoms with E-state index in [1.165, 1.54) is 12.1 Å². The summed E-state index contributed by atoms with van der Waals surface area (Å²) in [7, 11) is 0. The molecule has 2 aliphatic heterocycles. The van der Waals surface area contributed by atoms with E-state index in [0.29, 0.717) is 69.1 Å². The van der Waals surface area contributed by atoms with Crippen LogP contribution in [0.2, 0.25) is 0 Å². The number of ether oxygens (including phenoxy) is 2. The monoisotopic (exact) mass is 450 g/mol. The van der Waals surface area contributed by atoms with Crippen LogP contribution in [0.15, 0.2) is 36.4 Å². The van der Waals surface area contributed by atoms with Crippen LogP contribution in [0, 0.1) is 19.7 Å². The standard InChI is InChI=1S/C24H27FN6O2/c1-16-12-20(13-17(2)27-16)26-15-31-8-11-33-21-23(30-6-9-32-10-7-30)28-22(29-24(21)31)18-4-3-5-19(25)14-18/h3-5,12-14H,6-11,15H2,1-2H3,(H,26,27). The number of nitrogens with zero attached hydrogens (tertiary/aromatic N) is 5. The van der Waals surface area contributed by atoms with Crippen molar-refractivity contribution in [3.8, 4) is 17.1 Å². The van der Waals surface area contributed by atoms with Crippen molar-refractivity contribution in [2.45, 2.75) is 13.8 Å². The maximum absolute atomic E-state index is 14.0. The number of halogens is 1. The normalized spacial score (nSPS) is 15.7. The lowest BCUT2D eigenvalue weighted by Crippen LogP contribution is -2.40. The Morgan fingerprint density at radius 2 is 1.70 bits per heavy atom. The molecular weight excluding hydrogens is 423 g/mol. The van der Waals surface area contributed by atoms with E-state index in [2.05, 4.69) is 20.1 Å². The van der Waals surface area contributed by atoms with Crippen LogP contribution >= 0.6 is 0 Å². The molecule has 0 aliphatic carbocycles. The number of hydrogen-bond acceptors (Lipinski definition) is 8. The van der Waals surface area contributed by atoms with Crippen molar-refractivity contribution in [3.63, 3.8) is 0 Å². The van der Waals surface area contributed by atoms with E-state index in [-0.39, 0.29) is 5.82 Å². The van der Waals surface area contributed by atoms with Crippen molar-refractivity contribution in [2.75, 3.05) is 61.2 Å². The summed E-state index contributed by atoms with van der Waals surface area (Å²) in [6.07, 6.45) is 0. The molecule has 1 N–H and O–H groups in total. The lowest BCUT2D eigenvalue weighted by atomic mass is 10.2. The molecule has 1 saturated heterocycles. The summed E-state index contributed by atoms with van der Waals surface area (Å²) in [5.74, 6) is 2.24. The third-order valence-electron chi connectivity index (χ3n) is 5.69. The first-order chi connectivity index (χ1) is 16.1. The number of anilines is 3. The Bertz CT molecular complexity index is 1130. The molecule has 33 heavy (non-hydrogen) atoms. The Labute approximate surface area is 192 Å². The first kappa shape index (κ1) is 21.4. The predicted molar refractivity (Wildman–Crippen MR) is 125 cm³/mol. The van der Waals surface area contributed by atoms with Gasteiger partial charge in [0.1, 0.15) is 12.4 Å². The van der Waals surface area contributed by atoms with Crippen molar-refractivity contribution in [2.24, 2.45) is 0 Å². The third-order valence-corrected chi connectivity index (χ3v) is 5.69. The second-order valence-electron chi connectivity index (χ2n) is 8.22. The highest BCUT2D eigenvalue weighted by molar-refractivity contribution is 5.72. The predicted octanol–water partition coefficient (Wildman–Crippen LogP) is 3.40. The summed E-state index contributed by atoms with van der Waals surface area (Å²) in [5.41, 5.74) is 3.56. The number of fused-ring (bicyclic) bond motifs is 1. The molecule has 8 nitrogen and oxygen atoms in total. The molecule has 0 bridgehead atoms. The average molecular weight is 451 g/mol. The molecule has 0 spiro atoms. The van der Waals surface area contributed by atoms with Crippen LogP contribution in [-0.4, -0.2) is 61.1 Å². The molecule has 2 aliphatic rings. The minimum Gasteiger partial charge on any atom is -0.485 e. The largest absolute Gasteiger partial charge is 0.485 e. The number of rotatable bonds is 5. The molecule has 9 heteroatoms. The van der Waals surface area contributed by atoms with Crippen molar-refractivity contribution < 1.29 is 13.9 Å². The number of benzene rings is 1. The topological polar surface area (TPSA) is 75.6 Å². The van der Waals surface area contributed by atoms with E-state index >= 15 is 0 Å². The van der Waals surface area contributed by atoms with Crippen LogP contribution in [0.1, 0.15) is 11.4 Å². The van der Waals surface area contributed by atoms with Gasteiger partial charge in [-0.05, 0) is 38.1 Å². The van der Waals surface area contributed by atoms with Gasteiger partial charge in [0.25, 0.3) is 0 Å². The number of hydrogen-bond donors (Lipinski definition) is 1. The molecule has 1 aromatic carbocycles. The number of pyridine rings is 1. The average Bonchev–Trinajstić information content (AvgIpc) is 2.82. The highest BCUT2D eigenvalue weighted by Crippen LogP contribution is 2.39. The first-order valence-electron chi connectivity index (χ1n) is 11.1. The fourth-order valence-electron chi connectivity index (χ4n) is 4.16. The number of morpholine rings is 1. The molecule has 0 unspecified atom stereocenters. The van der Waals surface area contributed by atoms with Crippen molar-refractivity contribution in [1.29, 1.82) is 0 Å². The van der Waals surface area contributed by atoms with Gasteiger partial charge < -0.3 is 24.6 Å². The molecule has 3 aromatic rings. The summed E-state index contributed by atoms with van der Waals surface area (Å²) in [6.45, 7) is 8.38. The van der Waals surface area contributed by atoms with Gasteiger partial charge in [-0.15, -0.1) is 0 Å². The zero-order valence-electron chi connectivity index (χ0n) is 18.8. The second-order valence-corrected chi connectivity index (χ2v) is 8.22. The summed E-state index contributed by atoms with van der Waals surface area (Å²) < 4.78 is 25.6. The maximum atomic E-state index is 14.0. The smallest absolute Gasteiger partial charge is 0.204 e. The second kappa shape index (κ2) is 9.19. The fourth-order valence-corrected chi connectivity index (χ4v) is 4.16. The quantitative estimate of drug-likeness (QED) is 0.634. The van der Waals surface area contributed by atoms with E-state index in [1.54, 1.807) is 6.07 Å². The molecule has 1 fully saturated rings. The third kappa shape index (κ3) is 4.68. The van der Waals surface area contributed by atoms with Crippen molar-refractivity contribution in [1.82, 2.24) is 15.0 Å². The Kier molecular flexibility index (Phi) is 5.95. The van der Waals surface area contributed by atoms with Gasteiger partial charge in [-0.25, -0.2) is 14.4 Å². The number of nitrogens with one attached hydrogen (secondary N) is 1. The Hall–Kier alpha value is -3.46. The molecule has 0 amide bonds. The Balaban J connectivity index is 1.52. The highest BCUT2D eigenvalue weighted by Gasteiger charge is 2.29. The van der Waals surface area contributed by atoms with Gasteiger partial charge in [-0.1, -0.05) is 12.1 Å². The lowest BCUT2D eigenvalue weighted by molar-refractivity contribution is 0.122. The van der Waals surface area contributed by atoms with E-state index < -0.39 is 0 Å². The molecule has 0 radical (unpaired) electrons. The van der Waals surface area contributed by atoms with Crippen LogP contribution in [0.3, 0.4) is 0 Å². The zero-order valence-corrected chi connectivity index (χ0v) is 18.8. The minimum absolute atomic E-state index is 0.319. The molecule has 0 saturated carbocycles. The van der Waals surface area contributed by atoms with Gasteiger partial charge in [-0.2, -0.15) is 0 Å². The summed E-state index contributed by atoms with van der Waals surface area (Å²) >= 11 is 0. The van der Waals surface area contributed by atoms with E-state index in [9.17, 15) is 4.39 Å². The van der Waals surface area contributed by atoms with Crippen LogP contribution in [0.25, 0.3) is 11.4 Å². The van der Waals surface area contributed by atoms with Crippen molar-refractivity contribution >= 4 is 17.3 Å². The molecule has 0 atom stereocenters. The number of aryl methyl sites for hydroxylation is 2. The summed E-state index contributed by atoms with van der Waals surface area (Å²) in [6, 6.07) is 10.4. The van der Waals surface area contributed by atoms with Crippen LogP contribution < -0.4 is 19.9 Å². The molecule has 4 heterocycles. The van der Waals surface area contributed by atoms with Crippen LogP contribution in [0.5, 0.6) is 5.75 Å². The summed E-state index contributed by atoms with van der Waals surface area (Å²) in [5, 5.41) is 3.48. The molecule has 172 valence electrons. The number of aromatic nitrogens is 3.